The molecule has 0 aliphatic heterocycles. The molecule has 0 saturated heterocycles. The van der Waals surface area contributed by atoms with E-state index in [0.29, 0.717) is 12.0 Å². The molecular weight excluding hydrogens is 292 g/mol. The van der Waals surface area contributed by atoms with Gasteiger partial charge in [0.25, 0.3) is 0 Å². The third-order valence-corrected chi connectivity index (χ3v) is 11.0. The van der Waals surface area contributed by atoms with Crippen LogP contribution in [0, 0.1) is 11.3 Å². The summed E-state index contributed by atoms with van der Waals surface area (Å²) < 4.78 is 6.75. The molecular formula is C18H34O3Si. The van der Waals surface area contributed by atoms with Crippen LogP contribution in [0.2, 0.25) is 18.1 Å². The highest BCUT2D eigenvalue weighted by atomic mass is 28.4. The maximum absolute atomic E-state index is 10.2. The molecule has 128 valence electrons. The van der Waals surface area contributed by atoms with E-state index in [4.69, 9.17) is 4.43 Å². The van der Waals surface area contributed by atoms with Crippen molar-refractivity contribution in [2.75, 3.05) is 6.61 Å². The third-order valence-electron chi connectivity index (χ3n) is 6.49. The lowest BCUT2D eigenvalue weighted by Gasteiger charge is -2.48. The van der Waals surface area contributed by atoms with Gasteiger partial charge in [-0.15, -0.1) is 0 Å². The van der Waals surface area contributed by atoms with Crippen LogP contribution in [-0.2, 0) is 4.43 Å². The molecule has 1 fully saturated rings. The van der Waals surface area contributed by atoms with Crippen LogP contribution in [0.15, 0.2) is 11.6 Å². The fraction of sp³-hybridized carbons (Fsp3) is 0.889. The Hall–Kier alpha value is -0.163. The van der Waals surface area contributed by atoms with Crippen LogP contribution < -0.4 is 0 Å². The number of rotatable bonds is 4. The molecule has 0 bridgehead atoms. The van der Waals surface area contributed by atoms with Crippen LogP contribution in [-0.4, -0.2) is 37.3 Å². The number of allylic oxidation sites excluding steroid dienone is 1. The van der Waals surface area contributed by atoms with Crippen molar-refractivity contribution in [3.8, 4) is 0 Å². The van der Waals surface area contributed by atoms with Crippen molar-refractivity contribution in [3.63, 3.8) is 0 Å². The first-order valence-electron chi connectivity index (χ1n) is 8.70. The van der Waals surface area contributed by atoms with Gasteiger partial charge >= 0.3 is 0 Å². The maximum Gasteiger partial charge on any atom is 0.192 e. The van der Waals surface area contributed by atoms with Crippen molar-refractivity contribution in [2.45, 2.75) is 83.7 Å². The highest BCUT2D eigenvalue weighted by molar-refractivity contribution is 6.74. The van der Waals surface area contributed by atoms with Crippen LogP contribution in [0.3, 0.4) is 0 Å². The lowest BCUT2D eigenvalue weighted by Crippen LogP contribution is -2.50. The van der Waals surface area contributed by atoms with Crippen LogP contribution in [0.25, 0.3) is 0 Å². The first kappa shape index (κ1) is 18.2. The average Bonchev–Trinajstić information content (AvgIpc) is 2.74. The highest BCUT2D eigenvalue weighted by Crippen LogP contribution is 2.55. The monoisotopic (exact) mass is 326 g/mol. The second-order valence-corrected chi connectivity index (χ2v) is 13.7. The lowest BCUT2D eigenvalue weighted by atomic mass is 9.64. The summed E-state index contributed by atoms with van der Waals surface area (Å²) in [6.45, 7) is 13.6. The van der Waals surface area contributed by atoms with Gasteiger partial charge < -0.3 is 14.6 Å². The summed E-state index contributed by atoms with van der Waals surface area (Å²) in [5.74, 6) is 0.451. The number of aliphatic hydroxyl groups excluding tert-OH is 2. The molecule has 0 spiro atoms. The smallest absolute Gasteiger partial charge is 0.192 e. The Kier molecular flexibility index (Phi) is 4.99. The maximum atomic E-state index is 10.2. The molecule has 22 heavy (non-hydrogen) atoms. The molecule has 0 heterocycles. The molecule has 2 N–H and O–H groups in total. The molecule has 0 amide bonds. The number of aliphatic hydroxyl groups is 2. The predicted molar refractivity (Wildman–Crippen MR) is 93.3 cm³/mol. The molecule has 2 aliphatic carbocycles. The Labute approximate surface area is 136 Å². The van der Waals surface area contributed by atoms with Crippen molar-refractivity contribution < 1.29 is 14.6 Å². The summed E-state index contributed by atoms with van der Waals surface area (Å²) in [5.41, 5.74) is 1.04. The van der Waals surface area contributed by atoms with Crippen molar-refractivity contribution in [1.29, 1.82) is 0 Å². The van der Waals surface area contributed by atoms with Gasteiger partial charge in [-0.1, -0.05) is 40.2 Å². The summed E-state index contributed by atoms with van der Waals surface area (Å²) in [4.78, 5) is 0. The van der Waals surface area contributed by atoms with E-state index in [2.05, 4.69) is 46.9 Å². The second kappa shape index (κ2) is 6.04. The molecule has 0 aromatic carbocycles. The van der Waals surface area contributed by atoms with Crippen LogP contribution in [0.5, 0.6) is 0 Å². The van der Waals surface area contributed by atoms with E-state index in [1.807, 2.05) is 0 Å². The van der Waals surface area contributed by atoms with E-state index in [0.717, 1.165) is 31.3 Å². The average molecular weight is 327 g/mol. The fourth-order valence-electron chi connectivity index (χ4n) is 4.04. The summed E-state index contributed by atoms with van der Waals surface area (Å²) in [6.07, 6.45) is 6.09. The molecule has 3 nitrogen and oxygen atoms in total. The van der Waals surface area contributed by atoms with Crippen molar-refractivity contribution in [1.82, 2.24) is 0 Å². The van der Waals surface area contributed by atoms with Gasteiger partial charge in [-0.05, 0) is 54.3 Å². The minimum atomic E-state index is -1.78. The van der Waals surface area contributed by atoms with E-state index in [-0.39, 0.29) is 17.1 Å². The molecule has 0 aromatic rings. The Morgan fingerprint density at radius 2 is 2.05 bits per heavy atom. The van der Waals surface area contributed by atoms with Gasteiger partial charge in [0.1, 0.15) is 0 Å². The van der Waals surface area contributed by atoms with Crippen molar-refractivity contribution >= 4 is 8.32 Å². The Bertz CT molecular complexity index is 438. The molecule has 0 unspecified atom stereocenters. The molecule has 0 radical (unpaired) electrons. The largest absolute Gasteiger partial charge is 0.414 e. The standard InChI is InChI=1S/C18H34O3Si/c1-17(2,3)22(5,6)21-16-8-7-11-18(4)13(15(20)12-19)9-10-14(16)18/h9,14-16,19-20H,7-8,10-12H2,1-6H3/t14-,15+,16-,18+/m0/s1. The summed E-state index contributed by atoms with van der Waals surface area (Å²) in [6, 6.07) is 0. The van der Waals surface area contributed by atoms with Crippen LogP contribution in [0.1, 0.15) is 53.4 Å². The van der Waals surface area contributed by atoms with E-state index < -0.39 is 14.4 Å². The van der Waals surface area contributed by atoms with E-state index in [1.54, 1.807) is 0 Å². The normalized spacial score (nSPS) is 34.3. The minimum absolute atomic E-state index is 0.00652. The van der Waals surface area contributed by atoms with E-state index in [1.165, 1.54) is 0 Å². The minimum Gasteiger partial charge on any atom is -0.414 e. The zero-order valence-electron chi connectivity index (χ0n) is 15.1. The highest BCUT2D eigenvalue weighted by Gasteiger charge is 2.51. The predicted octanol–water partition coefficient (Wildman–Crippen LogP) is 3.87. The molecule has 0 aromatic heterocycles. The van der Waals surface area contributed by atoms with E-state index in [9.17, 15) is 10.2 Å². The SMILES string of the molecule is CC(C)(C)[Si](C)(C)O[C@H]1CCC[C@]2(C)C([C@H](O)CO)=CC[C@@H]12. The van der Waals surface area contributed by atoms with Crippen LogP contribution in [0.4, 0.5) is 0 Å². The zero-order chi connectivity index (χ0) is 16.8. The molecule has 2 aliphatic rings. The zero-order valence-corrected chi connectivity index (χ0v) is 16.1. The van der Waals surface area contributed by atoms with Gasteiger partial charge in [-0.3, -0.25) is 0 Å². The first-order valence-corrected chi connectivity index (χ1v) is 11.6. The summed E-state index contributed by atoms with van der Waals surface area (Å²) >= 11 is 0. The number of hydrogen-bond acceptors (Lipinski definition) is 3. The van der Waals surface area contributed by atoms with Crippen molar-refractivity contribution in [3.05, 3.63) is 11.6 Å². The topological polar surface area (TPSA) is 49.7 Å². The number of fused-ring (bicyclic) bond motifs is 1. The van der Waals surface area contributed by atoms with Gasteiger partial charge in [0, 0.05) is 6.10 Å². The second-order valence-electron chi connectivity index (χ2n) is 8.93. The van der Waals surface area contributed by atoms with Crippen molar-refractivity contribution in [2.24, 2.45) is 11.3 Å². The lowest BCUT2D eigenvalue weighted by molar-refractivity contribution is 0.00515. The van der Waals surface area contributed by atoms with Gasteiger partial charge in [0.05, 0.1) is 12.7 Å². The summed E-state index contributed by atoms with van der Waals surface area (Å²) in [7, 11) is -1.78. The Morgan fingerprint density at radius 3 is 2.59 bits per heavy atom. The fourth-order valence-corrected chi connectivity index (χ4v) is 5.43. The number of hydrogen-bond donors (Lipinski definition) is 2. The molecule has 4 heteroatoms. The van der Waals surface area contributed by atoms with Gasteiger partial charge in [0.2, 0.25) is 0 Å². The molecule has 4 atom stereocenters. The molecule has 1 saturated carbocycles. The van der Waals surface area contributed by atoms with Crippen LogP contribution >= 0.6 is 0 Å². The Morgan fingerprint density at radius 1 is 1.41 bits per heavy atom. The summed E-state index contributed by atoms with van der Waals surface area (Å²) in [5, 5.41) is 19.7. The third kappa shape index (κ3) is 3.08. The van der Waals surface area contributed by atoms with Gasteiger partial charge in [-0.2, -0.15) is 0 Å². The Balaban J connectivity index is 2.18. The van der Waals surface area contributed by atoms with E-state index >= 15 is 0 Å². The molecule has 2 rings (SSSR count). The first-order chi connectivity index (χ1) is 10.0. The van der Waals surface area contributed by atoms with Gasteiger partial charge in [0.15, 0.2) is 8.32 Å². The quantitative estimate of drug-likeness (QED) is 0.609. The van der Waals surface area contributed by atoms with Gasteiger partial charge in [-0.25, -0.2) is 0 Å².